The first kappa shape index (κ1) is 15.8. The largest absolute Gasteiger partial charge is 0.397 e. The highest BCUT2D eigenvalue weighted by molar-refractivity contribution is 5.93. The second-order valence-electron chi connectivity index (χ2n) is 5.30. The van der Waals surface area contributed by atoms with Crippen LogP contribution in [0.4, 0.5) is 16.2 Å². The third-order valence-corrected chi connectivity index (χ3v) is 3.68. The highest BCUT2D eigenvalue weighted by Crippen LogP contribution is 2.25. The first-order chi connectivity index (χ1) is 10.6. The van der Waals surface area contributed by atoms with E-state index in [1.807, 2.05) is 42.2 Å². The number of carbonyl (C=O) groups excluding carboxylic acids is 1. The van der Waals surface area contributed by atoms with Crippen molar-refractivity contribution in [1.29, 1.82) is 0 Å². The average molecular weight is 298 g/mol. The van der Waals surface area contributed by atoms with Gasteiger partial charge in [0.2, 0.25) is 0 Å². The summed E-state index contributed by atoms with van der Waals surface area (Å²) >= 11 is 0. The molecule has 1 heterocycles. The molecule has 1 fully saturated rings. The molecule has 5 nitrogen and oxygen atoms in total. The molecule has 1 aromatic rings. The van der Waals surface area contributed by atoms with E-state index in [0.29, 0.717) is 11.4 Å². The number of amides is 2. The van der Waals surface area contributed by atoms with Crippen LogP contribution in [0.5, 0.6) is 0 Å². The second-order valence-corrected chi connectivity index (χ2v) is 5.30. The zero-order valence-electron chi connectivity index (χ0n) is 12.9. The number of anilines is 2. The molecular formula is C17H22N4O. The van der Waals surface area contributed by atoms with Crippen LogP contribution in [0.3, 0.4) is 0 Å². The summed E-state index contributed by atoms with van der Waals surface area (Å²) in [4.78, 5) is 17.6. The number of likely N-dealkylation sites (tertiary alicyclic amines) is 1. The van der Waals surface area contributed by atoms with Gasteiger partial charge < -0.3 is 16.0 Å². The maximum Gasteiger partial charge on any atom is 0.321 e. The van der Waals surface area contributed by atoms with E-state index in [0.717, 1.165) is 37.1 Å². The summed E-state index contributed by atoms with van der Waals surface area (Å²) in [6.07, 6.45) is 7.51. The Morgan fingerprint density at radius 1 is 1.41 bits per heavy atom. The van der Waals surface area contributed by atoms with E-state index in [1.54, 1.807) is 6.20 Å². The fourth-order valence-electron chi connectivity index (χ4n) is 2.37. The van der Waals surface area contributed by atoms with Gasteiger partial charge in [-0.25, -0.2) is 4.79 Å². The van der Waals surface area contributed by atoms with Gasteiger partial charge in [-0.1, -0.05) is 12.1 Å². The number of urea groups is 1. The summed E-state index contributed by atoms with van der Waals surface area (Å²) in [5.41, 5.74) is 9.23. The Bertz CT molecular complexity index is 613. The molecule has 3 N–H and O–H groups in total. The van der Waals surface area contributed by atoms with Gasteiger partial charge in [0, 0.05) is 19.3 Å². The third kappa shape index (κ3) is 3.97. The fraction of sp³-hybridized carbons (Fsp3) is 0.294. The highest BCUT2D eigenvalue weighted by atomic mass is 16.2. The van der Waals surface area contributed by atoms with Crippen molar-refractivity contribution in [2.45, 2.75) is 19.8 Å². The zero-order valence-corrected chi connectivity index (χ0v) is 12.9. The van der Waals surface area contributed by atoms with Crippen molar-refractivity contribution < 1.29 is 4.79 Å². The molecule has 0 saturated carbocycles. The van der Waals surface area contributed by atoms with Gasteiger partial charge in [0.15, 0.2) is 0 Å². The Morgan fingerprint density at radius 2 is 2.14 bits per heavy atom. The number of hydrogen-bond acceptors (Lipinski definition) is 3. The van der Waals surface area contributed by atoms with Crippen LogP contribution in [0, 0.1) is 0 Å². The highest BCUT2D eigenvalue weighted by Gasteiger charge is 2.18. The number of aliphatic imine (C=N–C) groups is 1. The number of nitrogens with zero attached hydrogens (tertiary/aromatic N) is 2. The average Bonchev–Trinajstić information content (AvgIpc) is 3.04. The van der Waals surface area contributed by atoms with Crippen LogP contribution in [0.15, 0.2) is 41.5 Å². The molecule has 0 atom stereocenters. The van der Waals surface area contributed by atoms with Crippen molar-refractivity contribution in [3.8, 4) is 0 Å². The van der Waals surface area contributed by atoms with Gasteiger partial charge in [0.05, 0.1) is 11.4 Å². The van der Waals surface area contributed by atoms with Crippen LogP contribution < -0.4 is 11.1 Å². The summed E-state index contributed by atoms with van der Waals surface area (Å²) in [5.74, 6) is 0. The van der Waals surface area contributed by atoms with Crippen LogP contribution in [-0.4, -0.2) is 30.7 Å². The Labute approximate surface area is 131 Å². The lowest BCUT2D eigenvalue weighted by Gasteiger charge is -2.17. The van der Waals surface area contributed by atoms with E-state index >= 15 is 0 Å². The number of hydrogen-bond donors (Lipinski definition) is 2. The first-order valence-corrected chi connectivity index (χ1v) is 7.37. The summed E-state index contributed by atoms with van der Waals surface area (Å²) in [5, 5.41) is 2.90. The predicted molar refractivity (Wildman–Crippen MR) is 93.0 cm³/mol. The molecular weight excluding hydrogens is 276 g/mol. The van der Waals surface area contributed by atoms with Crippen LogP contribution in [0.1, 0.15) is 25.3 Å². The molecule has 116 valence electrons. The lowest BCUT2D eigenvalue weighted by Crippen LogP contribution is -2.32. The molecule has 0 unspecified atom stereocenters. The second kappa shape index (κ2) is 7.45. The molecule has 5 heteroatoms. The number of rotatable bonds is 4. The molecule has 0 bridgehead atoms. The molecule has 0 aromatic heterocycles. The van der Waals surface area contributed by atoms with E-state index in [2.05, 4.69) is 17.0 Å². The molecule has 1 aromatic carbocycles. The topological polar surface area (TPSA) is 70.7 Å². The van der Waals surface area contributed by atoms with Crippen LogP contribution in [-0.2, 0) is 0 Å². The molecule has 22 heavy (non-hydrogen) atoms. The molecule has 1 saturated heterocycles. The Balaban J connectivity index is 2.15. The maximum absolute atomic E-state index is 12.2. The van der Waals surface area contributed by atoms with Gasteiger partial charge in [-0.05, 0) is 55.8 Å². The molecule has 0 spiro atoms. The van der Waals surface area contributed by atoms with Crippen LogP contribution >= 0.6 is 0 Å². The van der Waals surface area contributed by atoms with Crippen molar-refractivity contribution >= 4 is 29.7 Å². The third-order valence-electron chi connectivity index (χ3n) is 3.68. The van der Waals surface area contributed by atoms with Crippen molar-refractivity contribution in [2.75, 3.05) is 24.1 Å². The van der Waals surface area contributed by atoms with Gasteiger partial charge in [-0.15, -0.1) is 0 Å². The maximum atomic E-state index is 12.2. The van der Waals surface area contributed by atoms with Gasteiger partial charge >= 0.3 is 6.03 Å². The van der Waals surface area contributed by atoms with Crippen molar-refractivity contribution in [1.82, 2.24) is 4.90 Å². The number of nitrogens with two attached hydrogens (primary N) is 1. The molecule has 0 aliphatic carbocycles. The molecule has 0 radical (unpaired) electrons. The quantitative estimate of drug-likeness (QED) is 0.507. The van der Waals surface area contributed by atoms with Crippen LogP contribution in [0.2, 0.25) is 0 Å². The van der Waals surface area contributed by atoms with Crippen molar-refractivity contribution in [2.24, 2.45) is 4.99 Å². The number of nitrogen functional groups attached to an aromatic ring is 1. The summed E-state index contributed by atoms with van der Waals surface area (Å²) in [6, 6.07) is 5.55. The fourth-order valence-corrected chi connectivity index (χ4v) is 2.37. The number of benzene rings is 1. The van der Waals surface area contributed by atoms with E-state index in [4.69, 9.17) is 5.73 Å². The standard InChI is InChI=1S/C17H22N4O/c1-13(6-5-9-19-2)14-7-8-15(18)16(12-14)20-17(22)21-10-3-4-11-21/h5-9,12H,2-4,10-11,18H2,1H3,(H,20,22)/b9-5-,13-6+. The number of nitrogens with one attached hydrogen (secondary N) is 1. The van der Waals surface area contributed by atoms with Gasteiger partial charge in [-0.2, -0.15) is 0 Å². The molecule has 1 aliphatic rings. The van der Waals surface area contributed by atoms with Gasteiger partial charge in [0.1, 0.15) is 0 Å². The summed E-state index contributed by atoms with van der Waals surface area (Å²) in [7, 11) is 0. The first-order valence-electron chi connectivity index (χ1n) is 7.37. The van der Waals surface area contributed by atoms with Gasteiger partial charge in [0.25, 0.3) is 0 Å². The smallest absolute Gasteiger partial charge is 0.321 e. The monoisotopic (exact) mass is 298 g/mol. The normalized spacial score (nSPS) is 15.3. The molecule has 1 aliphatic heterocycles. The Kier molecular flexibility index (Phi) is 5.36. The number of carbonyl (C=O) groups is 1. The predicted octanol–water partition coefficient (Wildman–Crippen LogP) is 3.51. The van der Waals surface area contributed by atoms with E-state index in [-0.39, 0.29) is 6.03 Å². The minimum Gasteiger partial charge on any atom is -0.397 e. The Hall–Kier alpha value is -2.56. The minimum absolute atomic E-state index is 0.0845. The van der Waals surface area contributed by atoms with Gasteiger partial charge in [-0.3, -0.25) is 4.99 Å². The van der Waals surface area contributed by atoms with E-state index in [9.17, 15) is 4.79 Å². The van der Waals surface area contributed by atoms with Crippen molar-refractivity contribution in [3.05, 3.63) is 42.1 Å². The Morgan fingerprint density at radius 3 is 2.82 bits per heavy atom. The molecule has 2 rings (SSSR count). The summed E-state index contributed by atoms with van der Waals surface area (Å²) < 4.78 is 0. The lowest BCUT2D eigenvalue weighted by atomic mass is 10.1. The minimum atomic E-state index is -0.0845. The zero-order chi connectivity index (χ0) is 15.9. The summed E-state index contributed by atoms with van der Waals surface area (Å²) in [6.45, 7) is 7.00. The van der Waals surface area contributed by atoms with Crippen molar-refractivity contribution in [3.63, 3.8) is 0 Å². The van der Waals surface area contributed by atoms with Crippen LogP contribution in [0.25, 0.3) is 5.57 Å². The SMILES string of the molecule is C=N/C=C\C=C(/C)c1ccc(N)c(NC(=O)N2CCCC2)c1. The lowest BCUT2D eigenvalue weighted by molar-refractivity contribution is 0.222. The number of allylic oxidation sites excluding steroid dienone is 3. The molecule has 2 amide bonds. The van der Waals surface area contributed by atoms with E-state index < -0.39 is 0 Å². The van der Waals surface area contributed by atoms with E-state index in [1.165, 1.54) is 0 Å².